The molecule has 0 aromatic heterocycles. The fraction of sp³-hybridized carbons (Fsp3) is 0.600. The predicted octanol–water partition coefficient (Wildman–Crippen LogP) is 2.33. The first-order valence-corrected chi connectivity index (χ1v) is 7.68. The van der Waals surface area contributed by atoms with E-state index < -0.39 is 31.0 Å². The summed E-state index contributed by atoms with van der Waals surface area (Å²) >= 11 is 24.1. The molecule has 0 unspecified atom stereocenters. The van der Waals surface area contributed by atoms with E-state index in [-0.39, 0.29) is 12.8 Å². The van der Waals surface area contributed by atoms with Gasteiger partial charge in [0.15, 0.2) is 3.67 Å². The Morgan fingerprint density at radius 1 is 1.32 bits per heavy atom. The van der Waals surface area contributed by atoms with Gasteiger partial charge >= 0.3 is 0 Å². The van der Waals surface area contributed by atoms with Crippen LogP contribution in [0.15, 0.2) is 12.2 Å². The number of halogens is 4. The minimum atomic E-state index is -1.68. The molecule has 19 heavy (non-hydrogen) atoms. The number of rotatable bonds is 5. The van der Waals surface area contributed by atoms with Gasteiger partial charge in [-0.1, -0.05) is 35.4 Å². The van der Waals surface area contributed by atoms with Crippen LogP contribution in [0.4, 0.5) is 0 Å². The molecule has 2 amide bonds. The third-order valence-corrected chi connectivity index (χ3v) is 6.64. The first-order valence-electron chi connectivity index (χ1n) is 5.24. The Morgan fingerprint density at radius 3 is 2.32 bits per heavy atom. The number of nitrogens with two attached hydrogens (primary N) is 2. The summed E-state index contributed by atoms with van der Waals surface area (Å²) in [6.45, 7) is 0. The van der Waals surface area contributed by atoms with Gasteiger partial charge in [0.1, 0.15) is 9.58 Å². The molecule has 1 aliphatic rings. The number of amides is 2. The molecule has 0 spiro atoms. The van der Waals surface area contributed by atoms with Gasteiger partial charge in [-0.2, -0.15) is 0 Å². The first-order chi connectivity index (χ1) is 8.63. The Hall–Kier alpha value is 0.190. The fourth-order valence-corrected chi connectivity index (χ4v) is 4.19. The molecular weight excluding hydrogens is 354 g/mol. The number of hydrogen-bond acceptors (Lipinski definition) is 3. The van der Waals surface area contributed by atoms with Crippen molar-refractivity contribution in [1.29, 1.82) is 0 Å². The Labute approximate surface area is 135 Å². The number of allylic oxidation sites excluding steroid dienone is 2. The third kappa shape index (κ3) is 3.64. The summed E-state index contributed by atoms with van der Waals surface area (Å²) in [5, 5.41) is 0. The van der Waals surface area contributed by atoms with Gasteiger partial charge in [0, 0.05) is 0 Å². The largest absolute Gasteiger partial charge is 0.369 e. The smallest absolute Gasteiger partial charge is 0.234 e. The van der Waals surface area contributed by atoms with Crippen LogP contribution < -0.4 is 11.5 Å². The van der Waals surface area contributed by atoms with Gasteiger partial charge in [-0.05, 0) is 12.8 Å². The Kier molecular flexibility index (Phi) is 5.72. The number of carbonyl (C=O) groups excluding carboxylic acids is 2. The van der Waals surface area contributed by atoms with Crippen LogP contribution in [0.3, 0.4) is 0 Å². The van der Waals surface area contributed by atoms with Gasteiger partial charge in [-0.3, -0.25) is 9.59 Å². The lowest BCUT2D eigenvalue weighted by atomic mass is 9.81. The van der Waals surface area contributed by atoms with E-state index in [9.17, 15) is 9.59 Å². The number of hydrogen-bond donors (Lipinski definition) is 2. The Morgan fingerprint density at radius 2 is 1.89 bits per heavy atom. The van der Waals surface area contributed by atoms with Gasteiger partial charge in [0.05, 0.1) is 5.92 Å². The normalized spacial score (nSPS) is 27.5. The summed E-state index contributed by atoms with van der Waals surface area (Å²) in [5.74, 6) is -2.20. The summed E-state index contributed by atoms with van der Waals surface area (Å²) in [6.07, 6.45) is 3.94. The lowest BCUT2D eigenvalue weighted by Gasteiger charge is -2.40. The van der Waals surface area contributed by atoms with Crippen molar-refractivity contribution < 1.29 is 9.59 Å². The Bertz CT molecular complexity index is 416. The van der Waals surface area contributed by atoms with Crippen molar-refractivity contribution in [2.75, 3.05) is 0 Å². The zero-order chi connectivity index (χ0) is 14.8. The van der Waals surface area contributed by atoms with Crippen LogP contribution >= 0.6 is 58.2 Å². The summed E-state index contributed by atoms with van der Waals surface area (Å²) in [7, 11) is 0. The second-order valence-electron chi connectivity index (χ2n) is 4.08. The molecular formula is C10H12Cl4N2O2S. The number of thioether (sulfide) groups is 1. The van der Waals surface area contributed by atoms with E-state index in [0.29, 0.717) is 0 Å². The highest BCUT2D eigenvalue weighted by atomic mass is 35.5. The molecule has 9 heteroatoms. The van der Waals surface area contributed by atoms with Crippen LogP contribution in [0.5, 0.6) is 0 Å². The molecule has 0 heterocycles. The zero-order valence-electron chi connectivity index (χ0n) is 9.61. The van der Waals surface area contributed by atoms with Gasteiger partial charge in [-0.15, -0.1) is 35.0 Å². The molecule has 0 radical (unpaired) electrons. The van der Waals surface area contributed by atoms with Crippen LogP contribution in [0, 0.1) is 5.92 Å². The van der Waals surface area contributed by atoms with Gasteiger partial charge < -0.3 is 11.5 Å². The van der Waals surface area contributed by atoms with Crippen molar-refractivity contribution in [2.45, 2.75) is 26.1 Å². The third-order valence-electron chi connectivity index (χ3n) is 2.86. The molecule has 1 aliphatic carbocycles. The summed E-state index contributed by atoms with van der Waals surface area (Å²) in [4.78, 5) is 22.2. The van der Waals surface area contributed by atoms with Crippen LogP contribution in [-0.4, -0.2) is 25.1 Å². The summed E-state index contributed by atoms with van der Waals surface area (Å²) in [6, 6.07) is 0. The average Bonchev–Trinajstić information content (AvgIpc) is 2.28. The fourth-order valence-electron chi connectivity index (χ4n) is 1.89. The number of carbonyl (C=O) groups is 2. The molecule has 4 N–H and O–H groups in total. The standard InChI is InChI=1S/C10H12Cl4N2O2S/c11-7(12)10(13,14)19-9(8(16)18)4-2-1-3-5(9)6(15)17/h1-2,5,7H,3-4H2,(H2,15,17)(H2,16,18)/t5-,9-/m0/s1. The van der Waals surface area contributed by atoms with E-state index in [1.807, 2.05) is 0 Å². The van der Waals surface area contributed by atoms with E-state index in [4.69, 9.17) is 57.9 Å². The van der Waals surface area contributed by atoms with Crippen molar-refractivity contribution in [3.63, 3.8) is 0 Å². The first kappa shape index (κ1) is 17.2. The van der Waals surface area contributed by atoms with E-state index in [0.717, 1.165) is 11.8 Å². The number of primary amides is 2. The molecule has 2 atom stereocenters. The second kappa shape index (κ2) is 6.31. The maximum Gasteiger partial charge on any atom is 0.234 e. The predicted molar refractivity (Wildman–Crippen MR) is 80.5 cm³/mol. The van der Waals surface area contributed by atoms with Gasteiger partial charge in [0.2, 0.25) is 11.8 Å². The van der Waals surface area contributed by atoms with Gasteiger partial charge in [-0.25, -0.2) is 0 Å². The van der Waals surface area contributed by atoms with Crippen molar-refractivity contribution in [2.24, 2.45) is 17.4 Å². The quantitative estimate of drug-likeness (QED) is 0.579. The average molecular weight is 366 g/mol. The molecule has 0 aliphatic heterocycles. The van der Waals surface area contributed by atoms with Gasteiger partial charge in [0.25, 0.3) is 0 Å². The molecule has 0 fully saturated rings. The number of alkyl halides is 4. The molecule has 0 bridgehead atoms. The summed E-state index contributed by atoms with van der Waals surface area (Å²) in [5.41, 5.74) is 10.8. The molecule has 0 aromatic rings. The van der Waals surface area contributed by atoms with Crippen LogP contribution in [0.25, 0.3) is 0 Å². The van der Waals surface area contributed by atoms with Crippen molar-refractivity contribution >= 4 is 70.0 Å². The van der Waals surface area contributed by atoms with E-state index in [2.05, 4.69) is 0 Å². The highest BCUT2D eigenvalue weighted by Gasteiger charge is 2.53. The topological polar surface area (TPSA) is 86.2 Å². The van der Waals surface area contributed by atoms with E-state index in [1.165, 1.54) is 0 Å². The zero-order valence-corrected chi connectivity index (χ0v) is 13.5. The summed E-state index contributed by atoms with van der Waals surface area (Å²) < 4.78 is -3.04. The van der Waals surface area contributed by atoms with E-state index >= 15 is 0 Å². The van der Waals surface area contributed by atoms with Crippen molar-refractivity contribution in [1.82, 2.24) is 0 Å². The minimum absolute atomic E-state index is 0.183. The lowest BCUT2D eigenvalue weighted by Crippen LogP contribution is -2.54. The van der Waals surface area contributed by atoms with Crippen LogP contribution in [0.1, 0.15) is 12.8 Å². The molecule has 0 saturated heterocycles. The minimum Gasteiger partial charge on any atom is -0.369 e. The van der Waals surface area contributed by atoms with Crippen LogP contribution in [-0.2, 0) is 9.59 Å². The molecule has 108 valence electrons. The Balaban J connectivity index is 3.19. The van der Waals surface area contributed by atoms with Crippen molar-refractivity contribution in [3.8, 4) is 0 Å². The van der Waals surface area contributed by atoms with Crippen LogP contribution in [0.2, 0.25) is 0 Å². The highest BCUT2D eigenvalue weighted by molar-refractivity contribution is 8.05. The SMILES string of the molecule is NC(=O)[C@@H]1CC=CC[C@@]1(SC(Cl)(Cl)C(Cl)Cl)C(N)=O. The molecule has 4 nitrogen and oxygen atoms in total. The maximum atomic E-state index is 11.8. The molecule has 0 saturated carbocycles. The monoisotopic (exact) mass is 364 g/mol. The second-order valence-corrected chi connectivity index (χ2v) is 8.59. The molecule has 0 aromatic carbocycles. The van der Waals surface area contributed by atoms with E-state index in [1.54, 1.807) is 12.2 Å². The highest BCUT2D eigenvalue weighted by Crippen LogP contribution is 2.54. The van der Waals surface area contributed by atoms with Crippen molar-refractivity contribution in [3.05, 3.63) is 12.2 Å². The lowest BCUT2D eigenvalue weighted by molar-refractivity contribution is -0.129. The molecule has 1 rings (SSSR count). The maximum absolute atomic E-state index is 11.8.